The second-order valence-electron chi connectivity index (χ2n) is 6.89. The van der Waals surface area contributed by atoms with Crippen molar-refractivity contribution < 1.29 is 19.1 Å². The van der Waals surface area contributed by atoms with E-state index in [2.05, 4.69) is 15.8 Å². The molecule has 0 aliphatic heterocycles. The number of aryl methyl sites for hydroxylation is 1. The monoisotopic (exact) mass is 397 g/mol. The third-order valence-electron chi connectivity index (χ3n) is 4.41. The van der Waals surface area contributed by atoms with Gasteiger partial charge in [0.1, 0.15) is 17.5 Å². The van der Waals surface area contributed by atoms with Gasteiger partial charge in [-0.2, -0.15) is 5.10 Å². The van der Waals surface area contributed by atoms with Gasteiger partial charge in [-0.1, -0.05) is 26.0 Å². The van der Waals surface area contributed by atoms with Gasteiger partial charge in [0.2, 0.25) is 0 Å². The van der Waals surface area contributed by atoms with Crippen LogP contribution in [0.3, 0.4) is 0 Å². The third-order valence-corrected chi connectivity index (χ3v) is 4.41. The SMILES string of the molecule is COc1ccc(C(=O)NC(C(=O)NN=Cc2ccc(C)c(OC)c2)C(C)C)cc1. The Morgan fingerprint density at radius 1 is 1.03 bits per heavy atom. The molecule has 0 fully saturated rings. The summed E-state index contributed by atoms with van der Waals surface area (Å²) in [7, 11) is 3.16. The summed E-state index contributed by atoms with van der Waals surface area (Å²) in [6.45, 7) is 5.65. The van der Waals surface area contributed by atoms with Gasteiger partial charge in [0.05, 0.1) is 20.4 Å². The highest BCUT2D eigenvalue weighted by Crippen LogP contribution is 2.17. The maximum Gasteiger partial charge on any atom is 0.262 e. The number of carbonyl (C=O) groups excluding carboxylic acids is 2. The van der Waals surface area contributed by atoms with Gasteiger partial charge >= 0.3 is 0 Å². The van der Waals surface area contributed by atoms with E-state index >= 15 is 0 Å². The van der Waals surface area contributed by atoms with E-state index in [1.54, 1.807) is 38.5 Å². The van der Waals surface area contributed by atoms with Crippen LogP contribution in [0.2, 0.25) is 0 Å². The molecule has 2 N–H and O–H groups in total. The Hall–Kier alpha value is -3.35. The first kappa shape index (κ1) is 21.9. The molecule has 0 aliphatic rings. The topological polar surface area (TPSA) is 89.0 Å². The molecule has 154 valence electrons. The lowest BCUT2D eigenvalue weighted by Gasteiger charge is -2.20. The van der Waals surface area contributed by atoms with Crippen LogP contribution in [0.5, 0.6) is 11.5 Å². The van der Waals surface area contributed by atoms with Crippen molar-refractivity contribution in [1.29, 1.82) is 0 Å². The van der Waals surface area contributed by atoms with Gasteiger partial charge in [-0.3, -0.25) is 9.59 Å². The lowest BCUT2D eigenvalue weighted by molar-refractivity contribution is -0.123. The van der Waals surface area contributed by atoms with Crippen LogP contribution in [0.1, 0.15) is 35.3 Å². The molecule has 1 atom stereocenters. The quantitative estimate of drug-likeness (QED) is 0.529. The number of nitrogens with one attached hydrogen (secondary N) is 2. The fraction of sp³-hybridized carbons (Fsp3) is 0.318. The van der Waals surface area contributed by atoms with Crippen molar-refractivity contribution in [3.63, 3.8) is 0 Å². The average molecular weight is 397 g/mol. The number of hydrogen-bond donors (Lipinski definition) is 2. The number of hydrogen-bond acceptors (Lipinski definition) is 5. The zero-order chi connectivity index (χ0) is 21.4. The van der Waals surface area contributed by atoms with Crippen LogP contribution in [-0.4, -0.2) is 38.3 Å². The smallest absolute Gasteiger partial charge is 0.262 e. The van der Waals surface area contributed by atoms with Gasteiger partial charge in [-0.05, 0) is 54.3 Å². The highest BCUT2D eigenvalue weighted by Gasteiger charge is 2.24. The van der Waals surface area contributed by atoms with E-state index in [1.165, 1.54) is 6.21 Å². The molecule has 0 aromatic heterocycles. The fourth-order valence-corrected chi connectivity index (χ4v) is 2.66. The highest BCUT2D eigenvalue weighted by molar-refractivity contribution is 5.97. The molecule has 0 heterocycles. The summed E-state index contributed by atoms with van der Waals surface area (Å²) < 4.78 is 10.4. The minimum absolute atomic E-state index is 0.119. The minimum Gasteiger partial charge on any atom is -0.497 e. The number of amides is 2. The van der Waals surface area contributed by atoms with Gasteiger partial charge in [-0.25, -0.2) is 5.43 Å². The zero-order valence-electron chi connectivity index (χ0n) is 17.4. The number of carbonyl (C=O) groups is 2. The van der Waals surface area contributed by atoms with Crippen LogP contribution >= 0.6 is 0 Å². The Morgan fingerprint density at radius 2 is 1.72 bits per heavy atom. The lowest BCUT2D eigenvalue weighted by atomic mass is 10.0. The standard InChI is InChI=1S/C22H27N3O4/c1-14(2)20(24-21(26)17-8-10-18(28-4)11-9-17)22(27)25-23-13-16-7-6-15(3)19(12-16)29-5/h6-14,20H,1-5H3,(H,24,26)(H,25,27). The molecular formula is C22H27N3O4. The van der Waals surface area contributed by atoms with Crippen molar-refractivity contribution in [3.05, 3.63) is 59.2 Å². The van der Waals surface area contributed by atoms with E-state index in [9.17, 15) is 9.59 Å². The molecule has 2 rings (SSSR count). The average Bonchev–Trinajstić information content (AvgIpc) is 2.72. The van der Waals surface area contributed by atoms with E-state index in [-0.39, 0.29) is 11.8 Å². The van der Waals surface area contributed by atoms with Crippen molar-refractivity contribution in [2.45, 2.75) is 26.8 Å². The molecule has 0 bridgehead atoms. The van der Waals surface area contributed by atoms with Gasteiger partial charge in [0.25, 0.3) is 11.8 Å². The molecule has 7 heteroatoms. The normalized spacial score (nSPS) is 11.9. The Labute approximate surface area is 171 Å². The first-order valence-electron chi connectivity index (χ1n) is 9.28. The molecule has 0 spiro atoms. The second-order valence-corrected chi connectivity index (χ2v) is 6.89. The summed E-state index contributed by atoms with van der Waals surface area (Å²) in [6, 6.07) is 11.6. The van der Waals surface area contributed by atoms with Crippen LogP contribution in [0.15, 0.2) is 47.6 Å². The Kier molecular flexibility index (Phi) is 7.77. The van der Waals surface area contributed by atoms with Crippen molar-refractivity contribution in [1.82, 2.24) is 10.7 Å². The molecule has 0 saturated heterocycles. The number of benzene rings is 2. The molecule has 1 unspecified atom stereocenters. The van der Waals surface area contributed by atoms with Crippen LogP contribution in [-0.2, 0) is 4.79 Å². The summed E-state index contributed by atoms with van der Waals surface area (Å²) in [5.74, 6) is 0.548. The molecule has 7 nitrogen and oxygen atoms in total. The number of nitrogens with zero attached hydrogens (tertiary/aromatic N) is 1. The van der Waals surface area contributed by atoms with Crippen LogP contribution in [0.25, 0.3) is 0 Å². The highest BCUT2D eigenvalue weighted by atomic mass is 16.5. The molecule has 0 aliphatic carbocycles. The largest absolute Gasteiger partial charge is 0.497 e. The number of hydrazone groups is 1. The van der Waals surface area contributed by atoms with Gasteiger partial charge in [0, 0.05) is 5.56 Å². The molecule has 0 radical (unpaired) electrons. The van der Waals surface area contributed by atoms with Crippen molar-refractivity contribution in [2.24, 2.45) is 11.0 Å². The molecule has 2 amide bonds. The second kappa shape index (κ2) is 10.3. The Bertz CT molecular complexity index is 876. The Morgan fingerprint density at radius 3 is 2.31 bits per heavy atom. The summed E-state index contributed by atoms with van der Waals surface area (Å²) in [6.07, 6.45) is 1.53. The fourth-order valence-electron chi connectivity index (χ4n) is 2.66. The van der Waals surface area contributed by atoms with Crippen LogP contribution in [0, 0.1) is 12.8 Å². The van der Waals surface area contributed by atoms with Crippen LogP contribution < -0.4 is 20.2 Å². The van der Waals surface area contributed by atoms with Crippen molar-refractivity contribution >= 4 is 18.0 Å². The van der Waals surface area contributed by atoms with Crippen molar-refractivity contribution in [2.75, 3.05) is 14.2 Å². The zero-order valence-corrected chi connectivity index (χ0v) is 17.4. The first-order valence-corrected chi connectivity index (χ1v) is 9.28. The van der Waals surface area contributed by atoms with E-state index in [0.717, 1.165) is 16.9 Å². The summed E-state index contributed by atoms with van der Waals surface area (Å²) in [4.78, 5) is 25.0. The predicted molar refractivity (Wildman–Crippen MR) is 113 cm³/mol. The predicted octanol–water partition coefficient (Wildman–Crippen LogP) is 2.92. The van der Waals surface area contributed by atoms with E-state index in [0.29, 0.717) is 11.3 Å². The molecule has 29 heavy (non-hydrogen) atoms. The first-order chi connectivity index (χ1) is 13.8. The van der Waals surface area contributed by atoms with Gasteiger partial charge in [-0.15, -0.1) is 0 Å². The minimum atomic E-state index is -0.727. The van der Waals surface area contributed by atoms with Crippen LogP contribution in [0.4, 0.5) is 0 Å². The molecule has 2 aromatic carbocycles. The summed E-state index contributed by atoms with van der Waals surface area (Å²) in [5.41, 5.74) is 4.74. The number of rotatable bonds is 8. The van der Waals surface area contributed by atoms with E-state index in [4.69, 9.17) is 9.47 Å². The molecule has 0 saturated carbocycles. The molecule has 2 aromatic rings. The molecular weight excluding hydrogens is 370 g/mol. The maximum atomic E-state index is 12.5. The summed E-state index contributed by atoms with van der Waals surface area (Å²) >= 11 is 0. The number of ether oxygens (including phenoxy) is 2. The lowest BCUT2D eigenvalue weighted by Crippen LogP contribution is -2.48. The van der Waals surface area contributed by atoms with Crippen molar-refractivity contribution in [3.8, 4) is 11.5 Å². The van der Waals surface area contributed by atoms with E-state index < -0.39 is 11.9 Å². The maximum absolute atomic E-state index is 12.5. The van der Waals surface area contributed by atoms with E-state index in [1.807, 2.05) is 39.0 Å². The van der Waals surface area contributed by atoms with Gasteiger partial charge < -0.3 is 14.8 Å². The summed E-state index contributed by atoms with van der Waals surface area (Å²) in [5, 5.41) is 6.76. The third kappa shape index (κ3) is 6.07. The Balaban J connectivity index is 2.02. The number of methoxy groups -OCH3 is 2. The van der Waals surface area contributed by atoms with Gasteiger partial charge in [0.15, 0.2) is 0 Å².